The van der Waals surface area contributed by atoms with E-state index >= 15 is 0 Å². The lowest BCUT2D eigenvalue weighted by atomic mass is 10.0. The Morgan fingerprint density at radius 3 is 2.70 bits per heavy atom. The van der Waals surface area contributed by atoms with Crippen LogP contribution in [-0.2, 0) is 0 Å². The summed E-state index contributed by atoms with van der Waals surface area (Å²) in [4.78, 5) is 19.9. The standard InChI is InChI=1S/C21H31N5O/c1-4-15(3)26-20-19(13-23-26)18(11-14(2)24-20)21(27)25-9-7-17(8-10-25)22-12-16-5-6-16/h11,13,15-17,22H,4-10,12H2,1-3H3. The summed E-state index contributed by atoms with van der Waals surface area (Å²) in [5.74, 6) is 1.02. The predicted molar refractivity (Wildman–Crippen MR) is 107 cm³/mol. The van der Waals surface area contributed by atoms with Crippen LogP contribution in [0.15, 0.2) is 12.3 Å². The second kappa shape index (κ2) is 7.58. The zero-order valence-electron chi connectivity index (χ0n) is 16.7. The highest BCUT2D eigenvalue weighted by Gasteiger charge is 2.28. The molecular formula is C21H31N5O. The number of hydrogen-bond donors (Lipinski definition) is 1. The number of carbonyl (C=O) groups excluding carboxylic acids is 1. The highest BCUT2D eigenvalue weighted by molar-refractivity contribution is 6.05. The van der Waals surface area contributed by atoms with Gasteiger partial charge in [-0.05, 0) is 64.5 Å². The van der Waals surface area contributed by atoms with Gasteiger partial charge in [0.15, 0.2) is 5.65 Å². The number of aromatic nitrogens is 3. The van der Waals surface area contributed by atoms with E-state index < -0.39 is 0 Å². The molecule has 2 aliphatic rings. The second-order valence-electron chi connectivity index (χ2n) is 8.31. The lowest BCUT2D eigenvalue weighted by molar-refractivity contribution is 0.0707. The summed E-state index contributed by atoms with van der Waals surface area (Å²) in [7, 11) is 0. The maximum Gasteiger partial charge on any atom is 0.254 e. The molecule has 0 bridgehead atoms. The Balaban J connectivity index is 1.50. The monoisotopic (exact) mass is 369 g/mol. The van der Waals surface area contributed by atoms with Gasteiger partial charge < -0.3 is 10.2 Å². The van der Waals surface area contributed by atoms with Crippen LogP contribution < -0.4 is 5.32 Å². The molecule has 0 spiro atoms. The Bertz CT molecular complexity index is 817. The molecule has 6 heteroatoms. The van der Waals surface area contributed by atoms with Gasteiger partial charge in [0.1, 0.15) is 0 Å². The van der Waals surface area contributed by atoms with Gasteiger partial charge >= 0.3 is 0 Å². The van der Waals surface area contributed by atoms with Crippen molar-refractivity contribution in [2.45, 2.75) is 65.0 Å². The van der Waals surface area contributed by atoms with E-state index in [1.165, 1.54) is 12.8 Å². The summed E-state index contributed by atoms with van der Waals surface area (Å²) < 4.78 is 1.95. The molecule has 3 heterocycles. The Hall–Kier alpha value is -1.95. The molecule has 1 amide bonds. The van der Waals surface area contributed by atoms with Crippen LogP contribution in [0, 0.1) is 12.8 Å². The van der Waals surface area contributed by atoms with Gasteiger partial charge in [-0.1, -0.05) is 6.92 Å². The molecule has 0 radical (unpaired) electrons. The van der Waals surface area contributed by atoms with Crippen molar-refractivity contribution in [3.8, 4) is 0 Å². The van der Waals surface area contributed by atoms with Crippen molar-refractivity contribution in [1.82, 2.24) is 25.0 Å². The van der Waals surface area contributed by atoms with Crippen molar-refractivity contribution in [2.24, 2.45) is 5.92 Å². The number of rotatable bonds is 6. The smallest absolute Gasteiger partial charge is 0.254 e. The lowest BCUT2D eigenvalue weighted by Crippen LogP contribution is -2.45. The zero-order valence-corrected chi connectivity index (χ0v) is 16.7. The molecule has 4 rings (SSSR count). The third-order valence-corrected chi connectivity index (χ3v) is 6.11. The number of piperidine rings is 1. The van der Waals surface area contributed by atoms with Crippen molar-refractivity contribution >= 4 is 16.9 Å². The first-order chi connectivity index (χ1) is 13.1. The maximum atomic E-state index is 13.2. The molecule has 1 aliphatic carbocycles. The molecule has 1 N–H and O–H groups in total. The molecular weight excluding hydrogens is 338 g/mol. The summed E-state index contributed by atoms with van der Waals surface area (Å²) in [6.07, 6.45) is 7.63. The number of hydrogen-bond acceptors (Lipinski definition) is 4. The molecule has 2 aromatic heterocycles. The number of nitrogens with one attached hydrogen (secondary N) is 1. The van der Waals surface area contributed by atoms with E-state index in [2.05, 4.69) is 29.2 Å². The summed E-state index contributed by atoms with van der Waals surface area (Å²) in [5.41, 5.74) is 2.45. The van der Waals surface area contributed by atoms with Crippen LogP contribution in [0.1, 0.15) is 68.0 Å². The van der Waals surface area contributed by atoms with E-state index in [-0.39, 0.29) is 11.9 Å². The molecule has 6 nitrogen and oxygen atoms in total. The van der Waals surface area contributed by atoms with Crippen LogP contribution in [0.2, 0.25) is 0 Å². The highest BCUT2D eigenvalue weighted by Crippen LogP contribution is 2.28. The quantitative estimate of drug-likeness (QED) is 0.848. The van der Waals surface area contributed by atoms with Gasteiger partial charge in [0.2, 0.25) is 0 Å². The lowest BCUT2D eigenvalue weighted by Gasteiger charge is -2.32. The topological polar surface area (TPSA) is 63.1 Å². The minimum absolute atomic E-state index is 0.120. The van der Waals surface area contributed by atoms with Crippen molar-refractivity contribution in [1.29, 1.82) is 0 Å². The molecule has 1 atom stereocenters. The first kappa shape index (κ1) is 18.4. The van der Waals surface area contributed by atoms with Gasteiger partial charge in [-0.2, -0.15) is 5.10 Å². The summed E-state index contributed by atoms with van der Waals surface area (Å²) in [6, 6.07) is 2.75. The third-order valence-electron chi connectivity index (χ3n) is 6.11. The summed E-state index contributed by atoms with van der Waals surface area (Å²) in [6.45, 7) is 9.03. The van der Waals surface area contributed by atoms with E-state index in [0.29, 0.717) is 6.04 Å². The van der Waals surface area contributed by atoms with Crippen LogP contribution in [-0.4, -0.2) is 51.2 Å². The van der Waals surface area contributed by atoms with E-state index in [9.17, 15) is 4.79 Å². The Morgan fingerprint density at radius 2 is 2.04 bits per heavy atom. The van der Waals surface area contributed by atoms with E-state index in [4.69, 9.17) is 0 Å². The normalized spacial score (nSPS) is 19.6. The van der Waals surface area contributed by atoms with Gasteiger partial charge in [-0.15, -0.1) is 0 Å². The fraction of sp³-hybridized carbons (Fsp3) is 0.667. The average molecular weight is 370 g/mol. The molecule has 1 unspecified atom stereocenters. The zero-order chi connectivity index (χ0) is 19.0. The Morgan fingerprint density at radius 1 is 1.30 bits per heavy atom. The molecule has 146 valence electrons. The van der Waals surface area contributed by atoms with Crippen LogP contribution >= 0.6 is 0 Å². The van der Waals surface area contributed by atoms with Crippen LogP contribution in [0.4, 0.5) is 0 Å². The van der Waals surface area contributed by atoms with Crippen molar-refractivity contribution in [3.63, 3.8) is 0 Å². The molecule has 2 aromatic rings. The van der Waals surface area contributed by atoms with E-state index in [1.54, 1.807) is 0 Å². The van der Waals surface area contributed by atoms with E-state index in [1.807, 2.05) is 28.8 Å². The summed E-state index contributed by atoms with van der Waals surface area (Å²) >= 11 is 0. The molecule has 27 heavy (non-hydrogen) atoms. The first-order valence-corrected chi connectivity index (χ1v) is 10.4. The number of nitrogens with zero attached hydrogens (tertiary/aromatic N) is 4. The first-order valence-electron chi connectivity index (χ1n) is 10.4. The molecule has 1 saturated heterocycles. The largest absolute Gasteiger partial charge is 0.339 e. The summed E-state index contributed by atoms with van der Waals surface area (Å²) in [5, 5.41) is 9.08. The van der Waals surface area contributed by atoms with Crippen LogP contribution in [0.3, 0.4) is 0 Å². The van der Waals surface area contributed by atoms with Gasteiger partial charge in [-0.25, -0.2) is 9.67 Å². The SMILES string of the molecule is CCC(C)n1ncc2c(C(=O)N3CCC(NCC4CC4)CC3)cc(C)nc21. The fourth-order valence-electron chi connectivity index (χ4n) is 3.93. The Kier molecular flexibility index (Phi) is 5.17. The van der Waals surface area contributed by atoms with Crippen LogP contribution in [0.5, 0.6) is 0 Å². The number of amides is 1. The highest BCUT2D eigenvalue weighted by atomic mass is 16.2. The molecule has 2 fully saturated rings. The number of carbonyl (C=O) groups is 1. The second-order valence-corrected chi connectivity index (χ2v) is 8.31. The van der Waals surface area contributed by atoms with Gasteiger partial charge in [0.25, 0.3) is 5.91 Å². The average Bonchev–Trinajstić information content (AvgIpc) is 3.43. The van der Waals surface area contributed by atoms with E-state index in [0.717, 1.165) is 67.1 Å². The van der Waals surface area contributed by atoms with Crippen molar-refractivity contribution < 1.29 is 4.79 Å². The van der Waals surface area contributed by atoms with Crippen molar-refractivity contribution in [3.05, 3.63) is 23.5 Å². The molecule has 1 aliphatic heterocycles. The van der Waals surface area contributed by atoms with Crippen molar-refractivity contribution in [2.75, 3.05) is 19.6 Å². The fourth-order valence-corrected chi connectivity index (χ4v) is 3.93. The molecule has 0 aromatic carbocycles. The molecule has 1 saturated carbocycles. The Labute approximate surface area is 161 Å². The minimum atomic E-state index is 0.120. The number of pyridine rings is 1. The van der Waals surface area contributed by atoms with Crippen LogP contribution in [0.25, 0.3) is 11.0 Å². The predicted octanol–water partition coefficient (Wildman–Crippen LogP) is 3.31. The van der Waals surface area contributed by atoms with Gasteiger partial charge in [-0.3, -0.25) is 4.79 Å². The van der Waals surface area contributed by atoms with Gasteiger partial charge in [0.05, 0.1) is 23.2 Å². The maximum absolute atomic E-state index is 13.2. The number of fused-ring (bicyclic) bond motifs is 1. The number of likely N-dealkylation sites (tertiary alicyclic amines) is 1. The minimum Gasteiger partial charge on any atom is -0.339 e. The van der Waals surface area contributed by atoms with Gasteiger partial charge in [0, 0.05) is 24.8 Å². The third kappa shape index (κ3) is 3.86. The number of aryl methyl sites for hydroxylation is 1.